The summed E-state index contributed by atoms with van der Waals surface area (Å²) in [5.41, 5.74) is 0.537. The molecule has 2 heterocycles. The Bertz CT molecular complexity index is 970. The van der Waals surface area contributed by atoms with Gasteiger partial charge in [-0.15, -0.1) is 0 Å². The number of ether oxygens (including phenoxy) is 1. The Morgan fingerprint density at radius 1 is 1.07 bits per heavy atom. The maximum absolute atomic E-state index is 14.7. The van der Waals surface area contributed by atoms with Gasteiger partial charge in [-0.3, -0.25) is 9.59 Å². The lowest BCUT2D eigenvalue weighted by Gasteiger charge is -2.29. The highest BCUT2D eigenvalue weighted by molar-refractivity contribution is 6.46. The average molecular weight is 411 g/mol. The number of carbonyl (C=O) groups is 2. The normalized spacial score (nSPS) is 21.9. The maximum Gasteiger partial charge on any atom is 0.295 e. The summed E-state index contributed by atoms with van der Waals surface area (Å²) in [5, 5.41) is 10.9. The van der Waals surface area contributed by atoms with Crippen molar-refractivity contribution in [1.29, 1.82) is 0 Å². The molecule has 0 radical (unpaired) electrons. The molecule has 0 unspecified atom stereocenters. The molecule has 1 atom stereocenters. The second kappa shape index (κ2) is 8.77. The lowest BCUT2D eigenvalue weighted by atomic mass is 9.95. The predicted octanol–water partition coefficient (Wildman–Crippen LogP) is 1.16. The minimum Gasteiger partial charge on any atom is -0.507 e. The van der Waals surface area contributed by atoms with E-state index in [1.165, 1.54) is 15.9 Å². The molecule has 30 heavy (non-hydrogen) atoms. The fourth-order valence-corrected chi connectivity index (χ4v) is 4.07. The SMILES string of the molecule is O=C1C(=O)N(CC[NH+]2CCOCC2)[C@@H](c2ccccc2F)C1=C(O)c1ccccc1. The highest BCUT2D eigenvalue weighted by atomic mass is 19.1. The third-order valence-electron chi connectivity index (χ3n) is 5.69. The summed E-state index contributed by atoms with van der Waals surface area (Å²) in [4.78, 5) is 28.5. The van der Waals surface area contributed by atoms with Crippen molar-refractivity contribution in [2.45, 2.75) is 6.04 Å². The van der Waals surface area contributed by atoms with E-state index in [4.69, 9.17) is 4.74 Å². The molecule has 1 amide bonds. The van der Waals surface area contributed by atoms with Gasteiger partial charge in [0, 0.05) is 11.1 Å². The molecule has 4 rings (SSSR count). The number of nitrogens with one attached hydrogen (secondary N) is 1. The molecule has 2 aliphatic rings. The number of halogens is 1. The highest BCUT2D eigenvalue weighted by Gasteiger charge is 2.47. The van der Waals surface area contributed by atoms with E-state index < -0.39 is 23.5 Å². The van der Waals surface area contributed by atoms with Crippen LogP contribution < -0.4 is 4.90 Å². The average Bonchev–Trinajstić information content (AvgIpc) is 3.03. The van der Waals surface area contributed by atoms with Gasteiger partial charge in [-0.1, -0.05) is 48.5 Å². The summed E-state index contributed by atoms with van der Waals surface area (Å²) in [5.74, 6) is -2.31. The zero-order valence-electron chi connectivity index (χ0n) is 16.5. The Balaban J connectivity index is 1.74. The fourth-order valence-electron chi connectivity index (χ4n) is 4.07. The van der Waals surface area contributed by atoms with Gasteiger partial charge in [-0.2, -0.15) is 0 Å². The molecular formula is C23H24FN2O4+. The van der Waals surface area contributed by atoms with Crippen LogP contribution in [0.25, 0.3) is 5.76 Å². The Labute approximate surface area is 174 Å². The molecule has 2 N–H and O–H groups in total. The van der Waals surface area contributed by atoms with Crippen LogP contribution in [0.5, 0.6) is 0 Å². The van der Waals surface area contributed by atoms with Crippen LogP contribution in [0.4, 0.5) is 4.39 Å². The van der Waals surface area contributed by atoms with Crippen LogP contribution in [0.15, 0.2) is 60.2 Å². The van der Waals surface area contributed by atoms with Gasteiger partial charge in [-0.25, -0.2) is 4.39 Å². The molecular weight excluding hydrogens is 387 g/mol. The van der Waals surface area contributed by atoms with E-state index in [0.29, 0.717) is 25.3 Å². The number of carbonyl (C=O) groups excluding carboxylic acids is 2. The van der Waals surface area contributed by atoms with E-state index in [-0.39, 0.29) is 23.4 Å². The number of Topliss-reactive ketones (excluding diaryl/α,β-unsaturated/α-hetero) is 1. The van der Waals surface area contributed by atoms with Crippen LogP contribution in [0, 0.1) is 5.82 Å². The van der Waals surface area contributed by atoms with E-state index in [0.717, 1.165) is 13.1 Å². The minimum atomic E-state index is -0.966. The lowest BCUT2D eigenvalue weighted by molar-refractivity contribution is -0.907. The number of ketones is 1. The zero-order valence-corrected chi connectivity index (χ0v) is 16.5. The number of hydrogen-bond donors (Lipinski definition) is 2. The van der Waals surface area contributed by atoms with Crippen molar-refractivity contribution in [3.63, 3.8) is 0 Å². The molecule has 0 aromatic heterocycles. The van der Waals surface area contributed by atoms with Gasteiger partial charge in [0.15, 0.2) is 0 Å². The summed E-state index contributed by atoms with van der Waals surface area (Å²) >= 11 is 0. The maximum atomic E-state index is 14.7. The van der Waals surface area contributed by atoms with E-state index in [1.54, 1.807) is 48.5 Å². The third kappa shape index (κ3) is 3.86. The summed E-state index contributed by atoms with van der Waals surface area (Å²) in [6.07, 6.45) is 0. The van der Waals surface area contributed by atoms with Crippen LogP contribution in [-0.4, -0.2) is 61.1 Å². The van der Waals surface area contributed by atoms with Gasteiger partial charge >= 0.3 is 0 Å². The second-order valence-electron chi connectivity index (χ2n) is 7.49. The molecule has 2 aliphatic heterocycles. The van der Waals surface area contributed by atoms with Gasteiger partial charge < -0.3 is 19.6 Å². The molecule has 7 heteroatoms. The summed E-state index contributed by atoms with van der Waals surface area (Å²) in [7, 11) is 0. The van der Waals surface area contributed by atoms with Crippen LogP contribution in [-0.2, 0) is 14.3 Å². The second-order valence-corrected chi connectivity index (χ2v) is 7.49. The minimum absolute atomic E-state index is 0.0757. The van der Waals surface area contributed by atoms with Crippen molar-refractivity contribution in [3.05, 3.63) is 77.1 Å². The zero-order chi connectivity index (χ0) is 21.1. The third-order valence-corrected chi connectivity index (χ3v) is 5.69. The molecule has 2 fully saturated rings. The molecule has 0 spiro atoms. The first-order valence-electron chi connectivity index (χ1n) is 10.1. The summed E-state index contributed by atoms with van der Waals surface area (Å²) < 4.78 is 20.1. The smallest absolute Gasteiger partial charge is 0.295 e. The van der Waals surface area contributed by atoms with Crippen molar-refractivity contribution < 1.29 is 28.7 Å². The van der Waals surface area contributed by atoms with Gasteiger partial charge in [0.25, 0.3) is 11.7 Å². The standard InChI is InChI=1S/C23H23FN2O4/c24-18-9-5-4-8-17(18)20-19(21(27)16-6-2-1-3-7-16)22(28)23(29)26(20)11-10-25-12-14-30-15-13-25/h1-9,20,27H,10-15H2/p+1/t20-/m0/s1. The van der Waals surface area contributed by atoms with Crippen LogP contribution in [0.1, 0.15) is 17.2 Å². The van der Waals surface area contributed by atoms with Crippen molar-refractivity contribution >= 4 is 17.4 Å². The molecule has 2 aromatic rings. The van der Waals surface area contributed by atoms with Crippen molar-refractivity contribution in [3.8, 4) is 0 Å². The number of nitrogens with zero attached hydrogens (tertiary/aromatic N) is 1. The first-order valence-corrected chi connectivity index (χ1v) is 10.1. The largest absolute Gasteiger partial charge is 0.507 e. The topological polar surface area (TPSA) is 71.3 Å². The lowest BCUT2D eigenvalue weighted by Crippen LogP contribution is -3.14. The first-order chi connectivity index (χ1) is 14.6. The van der Waals surface area contributed by atoms with Gasteiger partial charge in [0.05, 0.1) is 37.9 Å². The quantitative estimate of drug-likeness (QED) is 0.440. The number of aliphatic hydroxyl groups is 1. The Morgan fingerprint density at radius 2 is 1.73 bits per heavy atom. The Hall–Kier alpha value is -3.03. The number of hydrogen-bond acceptors (Lipinski definition) is 4. The molecule has 0 aliphatic carbocycles. The number of quaternary nitrogens is 1. The van der Waals surface area contributed by atoms with Gasteiger partial charge in [0.2, 0.25) is 0 Å². The van der Waals surface area contributed by atoms with Crippen molar-refractivity contribution in [2.24, 2.45) is 0 Å². The first kappa shape index (κ1) is 20.3. The molecule has 2 aromatic carbocycles. The number of benzene rings is 2. The monoisotopic (exact) mass is 411 g/mol. The Morgan fingerprint density at radius 3 is 2.43 bits per heavy atom. The van der Waals surface area contributed by atoms with E-state index in [1.807, 2.05) is 0 Å². The molecule has 0 bridgehead atoms. The predicted molar refractivity (Wildman–Crippen MR) is 108 cm³/mol. The number of amides is 1. The number of morpholine rings is 1. The van der Waals surface area contributed by atoms with E-state index >= 15 is 0 Å². The van der Waals surface area contributed by atoms with Gasteiger partial charge in [-0.05, 0) is 6.07 Å². The fraction of sp³-hybridized carbons (Fsp3) is 0.304. The van der Waals surface area contributed by atoms with Gasteiger partial charge in [0.1, 0.15) is 24.7 Å². The summed E-state index contributed by atoms with van der Waals surface area (Å²) in [6.45, 7) is 3.84. The molecule has 2 saturated heterocycles. The number of aliphatic hydroxyl groups excluding tert-OH is 1. The van der Waals surface area contributed by atoms with Crippen LogP contribution in [0.3, 0.4) is 0 Å². The van der Waals surface area contributed by atoms with E-state index in [9.17, 15) is 19.1 Å². The van der Waals surface area contributed by atoms with E-state index in [2.05, 4.69) is 0 Å². The number of likely N-dealkylation sites (tertiary alicyclic amines) is 1. The Kier molecular flexibility index (Phi) is 5.92. The molecule has 156 valence electrons. The van der Waals surface area contributed by atoms with Crippen molar-refractivity contribution in [2.75, 3.05) is 39.4 Å². The molecule has 0 saturated carbocycles. The number of rotatable bonds is 5. The highest BCUT2D eigenvalue weighted by Crippen LogP contribution is 2.39. The van der Waals surface area contributed by atoms with Crippen LogP contribution >= 0.6 is 0 Å². The van der Waals surface area contributed by atoms with Crippen molar-refractivity contribution in [1.82, 2.24) is 4.90 Å². The molecule has 6 nitrogen and oxygen atoms in total. The summed E-state index contributed by atoms with van der Waals surface area (Å²) in [6, 6.07) is 13.6. The van der Waals surface area contributed by atoms with Crippen LogP contribution in [0.2, 0.25) is 0 Å².